The third-order valence-corrected chi connectivity index (χ3v) is 2.80. The Kier molecular flexibility index (Phi) is 3.76. The fourth-order valence-electron chi connectivity index (χ4n) is 1.66. The zero-order chi connectivity index (χ0) is 11.3. The summed E-state index contributed by atoms with van der Waals surface area (Å²) in [5.41, 5.74) is 0. The minimum Gasteiger partial charge on any atom is -0.458 e. The summed E-state index contributed by atoms with van der Waals surface area (Å²) < 4.78 is 11.3. The summed E-state index contributed by atoms with van der Waals surface area (Å²) in [6, 6.07) is 0. The number of ether oxygens (including phenoxy) is 2. The van der Waals surface area contributed by atoms with E-state index in [1.807, 2.05) is 29.9 Å². The Bertz CT molecular complexity index is 390. The molecule has 16 heavy (non-hydrogen) atoms. The first-order valence-electron chi connectivity index (χ1n) is 5.26. The van der Waals surface area contributed by atoms with Crippen molar-refractivity contribution in [3.8, 4) is 11.8 Å². The Morgan fingerprint density at radius 3 is 3.19 bits per heavy atom. The van der Waals surface area contributed by atoms with Crippen molar-refractivity contribution in [1.29, 1.82) is 0 Å². The third kappa shape index (κ3) is 2.72. The van der Waals surface area contributed by atoms with E-state index in [4.69, 9.17) is 9.47 Å². The predicted octanol–water partition coefficient (Wildman–Crippen LogP) is 2.84. The van der Waals surface area contributed by atoms with Crippen molar-refractivity contribution >= 4 is 11.8 Å². The molecule has 0 aromatic rings. The molecule has 3 heteroatoms. The van der Waals surface area contributed by atoms with Gasteiger partial charge in [-0.05, 0) is 36.3 Å². The Morgan fingerprint density at radius 2 is 2.44 bits per heavy atom. The van der Waals surface area contributed by atoms with E-state index in [0.29, 0.717) is 0 Å². The standard InChI is InChI=1S/C13H14O2S/c1-16-11-4-2-3-6-12-7-9-13(15-12)8-5-10-14-13/h4,6-7,9,11H,5,8,10H2,1H3/b11-4-,12-6+. The Labute approximate surface area is 100 Å². The summed E-state index contributed by atoms with van der Waals surface area (Å²) in [5.74, 6) is 6.13. The molecule has 0 amide bonds. The fraction of sp³-hybridized carbons (Fsp3) is 0.385. The van der Waals surface area contributed by atoms with Crippen LogP contribution < -0.4 is 0 Å². The van der Waals surface area contributed by atoms with Crippen LogP contribution in [0, 0.1) is 11.8 Å². The monoisotopic (exact) mass is 234 g/mol. The molecule has 0 bridgehead atoms. The first kappa shape index (κ1) is 11.4. The number of hydrogen-bond acceptors (Lipinski definition) is 3. The van der Waals surface area contributed by atoms with Crippen LogP contribution in [0.15, 0.2) is 35.5 Å². The molecule has 0 aliphatic carbocycles. The fourth-order valence-corrected chi connectivity index (χ4v) is 1.87. The zero-order valence-electron chi connectivity index (χ0n) is 9.23. The van der Waals surface area contributed by atoms with E-state index in [0.717, 1.165) is 25.2 Å². The predicted molar refractivity (Wildman–Crippen MR) is 66.7 cm³/mol. The van der Waals surface area contributed by atoms with Crippen molar-refractivity contribution < 1.29 is 9.47 Å². The lowest BCUT2D eigenvalue weighted by molar-refractivity contribution is -0.135. The Hall–Kier alpha value is -1.11. The van der Waals surface area contributed by atoms with E-state index in [2.05, 4.69) is 11.8 Å². The van der Waals surface area contributed by atoms with Crippen molar-refractivity contribution in [3.05, 3.63) is 35.5 Å². The number of thioether (sulfide) groups is 1. The molecular formula is C13H14O2S. The summed E-state index contributed by atoms with van der Waals surface area (Å²) >= 11 is 1.63. The van der Waals surface area contributed by atoms with Gasteiger partial charge in [0, 0.05) is 12.5 Å². The second-order valence-electron chi connectivity index (χ2n) is 3.57. The molecule has 1 fully saturated rings. The maximum Gasteiger partial charge on any atom is 0.230 e. The average molecular weight is 234 g/mol. The van der Waals surface area contributed by atoms with Gasteiger partial charge in [-0.3, -0.25) is 0 Å². The normalized spacial score (nSPS) is 29.9. The first-order valence-corrected chi connectivity index (χ1v) is 6.55. The second kappa shape index (κ2) is 5.29. The number of allylic oxidation sites excluding steroid dienone is 3. The quantitative estimate of drug-likeness (QED) is 0.650. The van der Waals surface area contributed by atoms with Gasteiger partial charge in [0.15, 0.2) is 0 Å². The summed E-state index contributed by atoms with van der Waals surface area (Å²) in [6.07, 6.45) is 11.5. The van der Waals surface area contributed by atoms with Crippen LogP contribution in [0.5, 0.6) is 0 Å². The lowest BCUT2D eigenvalue weighted by atomic mass is 10.2. The Balaban J connectivity index is 1.93. The molecule has 2 heterocycles. The molecule has 2 aliphatic rings. The molecule has 0 N–H and O–H groups in total. The van der Waals surface area contributed by atoms with Crippen LogP contribution in [-0.4, -0.2) is 18.6 Å². The first-order chi connectivity index (χ1) is 7.85. The molecule has 0 aromatic heterocycles. The lowest BCUT2D eigenvalue weighted by Crippen LogP contribution is -2.24. The Morgan fingerprint density at radius 1 is 1.50 bits per heavy atom. The summed E-state index contributed by atoms with van der Waals surface area (Å²) in [4.78, 5) is 0. The summed E-state index contributed by atoms with van der Waals surface area (Å²) in [6.45, 7) is 0.778. The zero-order valence-corrected chi connectivity index (χ0v) is 10.0. The van der Waals surface area contributed by atoms with Crippen LogP contribution in [0.25, 0.3) is 0 Å². The highest BCUT2D eigenvalue weighted by Gasteiger charge is 2.38. The molecular weight excluding hydrogens is 220 g/mol. The molecule has 1 atom stereocenters. The van der Waals surface area contributed by atoms with Crippen molar-refractivity contribution in [1.82, 2.24) is 0 Å². The van der Waals surface area contributed by atoms with Crippen molar-refractivity contribution in [2.45, 2.75) is 18.6 Å². The minimum atomic E-state index is -0.484. The smallest absolute Gasteiger partial charge is 0.230 e. The van der Waals surface area contributed by atoms with E-state index in [9.17, 15) is 0 Å². The maximum atomic E-state index is 5.71. The average Bonchev–Trinajstić information content (AvgIpc) is 2.90. The van der Waals surface area contributed by atoms with Gasteiger partial charge < -0.3 is 9.47 Å². The molecule has 0 saturated carbocycles. The molecule has 2 aliphatic heterocycles. The van der Waals surface area contributed by atoms with Gasteiger partial charge in [-0.1, -0.05) is 11.8 Å². The molecule has 1 spiro atoms. The molecule has 84 valence electrons. The second-order valence-corrected chi connectivity index (χ2v) is 4.32. The molecule has 1 unspecified atom stereocenters. The third-order valence-electron chi connectivity index (χ3n) is 2.39. The van der Waals surface area contributed by atoms with E-state index in [1.165, 1.54) is 0 Å². The van der Waals surface area contributed by atoms with Crippen LogP contribution in [0.4, 0.5) is 0 Å². The van der Waals surface area contributed by atoms with Crippen molar-refractivity contribution in [2.24, 2.45) is 0 Å². The summed E-state index contributed by atoms with van der Waals surface area (Å²) in [7, 11) is 0. The van der Waals surface area contributed by atoms with E-state index in [-0.39, 0.29) is 0 Å². The molecule has 1 saturated heterocycles. The molecule has 0 aromatic carbocycles. The van der Waals surface area contributed by atoms with Crippen molar-refractivity contribution in [3.63, 3.8) is 0 Å². The van der Waals surface area contributed by atoms with Crippen LogP contribution in [0.3, 0.4) is 0 Å². The number of hydrogen-bond donors (Lipinski definition) is 0. The van der Waals surface area contributed by atoms with E-state index >= 15 is 0 Å². The van der Waals surface area contributed by atoms with Crippen LogP contribution >= 0.6 is 11.8 Å². The number of rotatable bonds is 1. The van der Waals surface area contributed by atoms with Gasteiger partial charge in [0.25, 0.3) is 0 Å². The maximum absolute atomic E-state index is 5.71. The van der Waals surface area contributed by atoms with Gasteiger partial charge in [-0.2, -0.15) is 0 Å². The van der Waals surface area contributed by atoms with Crippen molar-refractivity contribution in [2.75, 3.05) is 12.9 Å². The minimum absolute atomic E-state index is 0.484. The molecule has 0 radical (unpaired) electrons. The van der Waals surface area contributed by atoms with Gasteiger partial charge in [-0.15, -0.1) is 11.8 Å². The van der Waals surface area contributed by atoms with Crippen LogP contribution in [0.2, 0.25) is 0 Å². The van der Waals surface area contributed by atoms with Gasteiger partial charge in [-0.25, -0.2) is 0 Å². The van der Waals surface area contributed by atoms with Gasteiger partial charge >= 0.3 is 0 Å². The van der Waals surface area contributed by atoms with E-state index in [1.54, 1.807) is 17.8 Å². The lowest BCUT2D eigenvalue weighted by Gasteiger charge is -2.20. The van der Waals surface area contributed by atoms with Gasteiger partial charge in [0.2, 0.25) is 5.79 Å². The molecule has 2 rings (SSSR count). The largest absolute Gasteiger partial charge is 0.458 e. The van der Waals surface area contributed by atoms with E-state index < -0.39 is 5.79 Å². The van der Waals surface area contributed by atoms with Gasteiger partial charge in [0.1, 0.15) is 5.76 Å². The van der Waals surface area contributed by atoms with Gasteiger partial charge in [0.05, 0.1) is 6.61 Å². The SMILES string of the molecule is CS/C=C\C#C/C=C1\C=CC2(CCCO2)O1. The highest BCUT2D eigenvalue weighted by atomic mass is 32.2. The summed E-state index contributed by atoms with van der Waals surface area (Å²) in [5, 5.41) is 1.94. The molecule has 2 nitrogen and oxygen atoms in total. The topological polar surface area (TPSA) is 18.5 Å². The van der Waals surface area contributed by atoms with Crippen LogP contribution in [0.1, 0.15) is 12.8 Å². The highest BCUT2D eigenvalue weighted by Crippen LogP contribution is 2.35. The highest BCUT2D eigenvalue weighted by molar-refractivity contribution is 8.01. The van der Waals surface area contributed by atoms with Crippen LogP contribution in [-0.2, 0) is 9.47 Å².